The van der Waals surface area contributed by atoms with Crippen molar-refractivity contribution in [1.82, 2.24) is 9.80 Å². The van der Waals surface area contributed by atoms with Gasteiger partial charge in [-0.3, -0.25) is 4.90 Å². The van der Waals surface area contributed by atoms with Crippen molar-refractivity contribution in [2.24, 2.45) is 0 Å². The summed E-state index contributed by atoms with van der Waals surface area (Å²) in [7, 11) is 0. The van der Waals surface area contributed by atoms with E-state index in [0.717, 1.165) is 61.5 Å². The quantitative estimate of drug-likeness (QED) is 0.905. The molecule has 138 valence electrons. The zero-order valence-corrected chi connectivity index (χ0v) is 15.5. The lowest BCUT2D eigenvalue weighted by molar-refractivity contribution is 0.148. The van der Waals surface area contributed by atoms with Crippen molar-refractivity contribution in [2.75, 3.05) is 38.0 Å². The zero-order chi connectivity index (χ0) is 18.5. The largest absolute Gasteiger partial charge is 0.322 e. The Hall–Kier alpha value is -2.40. The number of piperazine rings is 1. The number of amides is 2. The lowest BCUT2D eigenvalue weighted by Crippen LogP contribution is -2.50. The molecule has 0 atom stereocenters. The average Bonchev–Trinajstić information content (AvgIpc) is 2.64. The molecule has 0 radical (unpaired) electrons. The molecule has 0 aliphatic carbocycles. The van der Waals surface area contributed by atoms with Gasteiger partial charge in [0.1, 0.15) is 5.82 Å². The molecule has 4 nitrogen and oxygen atoms in total. The van der Waals surface area contributed by atoms with E-state index >= 15 is 0 Å². The van der Waals surface area contributed by atoms with E-state index in [2.05, 4.69) is 10.2 Å². The Bertz CT molecular complexity index is 752. The summed E-state index contributed by atoms with van der Waals surface area (Å²) >= 11 is 0. The van der Waals surface area contributed by atoms with E-state index in [9.17, 15) is 9.18 Å². The van der Waals surface area contributed by atoms with Gasteiger partial charge < -0.3 is 10.2 Å². The van der Waals surface area contributed by atoms with Gasteiger partial charge in [-0.15, -0.1) is 0 Å². The molecule has 0 spiro atoms. The van der Waals surface area contributed by atoms with Gasteiger partial charge in [-0.2, -0.15) is 0 Å². The summed E-state index contributed by atoms with van der Waals surface area (Å²) in [6.07, 6.45) is 0.898. The molecule has 1 fully saturated rings. The van der Waals surface area contributed by atoms with Gasteiger partial charge in [-0.05, 0) is 55.2 Å². The normalized spacial score (nSPS) is 15.1. The van der Waals surface area contributed by atoms with E-state index in [-0.39, 0.29) is 11.8 Å². The van der Waals surface area contributed by atoms with Gasteiger partial charge in [0.05, 0.1) is 0 Å². The van der Waals surface area contributed by atoms with Crippen molar-refractivity contribution in [3.8, 4) is 0 Å². The molecular formula is C21H26FN3O. The van der Waals surface area contributed by atoms with Crippen molar-refractivity contribution >= 4 is 11.7 Å². The molecular weight excluding hydrogens is 329 g/mol. The smallest absolute Gasteiger partial charge is 0.321 e. The molecule has 2 amide bonds. The van der Waals surface area contributed by atoms with Gasteiger partial charge in [-0.25, -0.2) is 9.18 Å². The van der Waals surface area contributed by atoms with Crippen LogP contribution in [0.5, 0.6) is 0 Å². The van der Waals surface area contributed by atoms with Crippen molar-refractivity contribution in [2.45, 2.75) is 20.3 Å². The Kier molecular flexibility index (Phi) is 5.89. The first kappa shape index (κ1) is 18.4. The minimum atomic E-state index is -0.197. The van der Waals surface area contributed by atoms with Crippen molar-refractivity contribution in [1.29, 1.82) is 0 Å². The van der Waals surface area contributed by atoms with Crippen LogP contribution in [0.2, 0.25) is 0 Å². The summed E-state index contributed by atoms with van der Waals surface area (Å²) in [4.78, 5) is 16.7. The predicted molar refractivity (Wildman–Crippen MR) is 103 cm³/mol. The van der Waals surface area contributed by atoms with Crippen LogP contribution in [0, 0.1) is 19.7 Å². The molecule has 0 aromatic heterocycles. The average molecular weight is 355 g/mol. The van der Waals surface area contributed by atoms with E-state index in [4.69, 9.17) is 0 Å². The third-order valence-corrected chi connectivity index (χ3v) is 4.92. The fourth-order valence-corrected chi connectivity index (χ4v) is 3.18. The maximum Gasteiger partial charge on any atom is 0.321 e. The van der Waals surface area contributed by atoms with Crippen LogP contribution >= 0.6 is 0 Å². The Balaban J connectivity index is 1.46. The minimum Gasteiger partial charge on any atom is -0.322 e. The van der Waals surface area contributed by atoms with Gasteiger partial charge in [-0.1, -0.05) is 24.3 Å². The van der Waals surface area contributed by atoms with E-state index < -0.39 is 0 Å². The maximum atomic E-state index is 12.9. The van der Waals surface area contributed by atoms with E-state index in [1.807, 2.05) is 49.1 Å². The second-order valence-corrected chi connectivity index (χ2v) is 6.95. The Morgan fingerprint density at radius 1 is 1.04 bits per heavy atom. The number of hydrogen-bond donors (Lipinski definition) is 1. The molecule has 2 aromatic rings. The molecule has 0 bridgehead atoms. The standard InChI is InChI=1S/C21H26FN3O/c1-16-3-4-17(2)20(15-16)23-21(26)25-13-11-24(12-14-25)10-9-18-5-7-19(22)8-6-18/h3-8,15H,9-14H2,1-2H3,(H,23,26). The van der Waals surface area contributed by atoms with Gasteiger partial charge in [0.2, 0.25) is 0 Å². The Morgan fingerprint density at radius 2 is 1.73 bits per heavy atom. The van der Waals surface area contributed by atoms with Gasteiger partial charge in [0.25, 0.3) is 0 Å². The molecule has 3 rings (SSSR count). The number of carbonyl (C=O) groups excluding carboxylic acids is 1. The summed E-state index contributed by atoms with van der Waals surface area (Å²) in [5.41, 5.74) is 4.23. The van der Waals surface area contributed by atoms with Crippen LogP contribution in [0.15, 0.2) is 42.5 Å². The van der Waals surface area contributed by atoms with Crippen LogP contribution in [-0.2, 0) is 6.42 Å². The number of rotatable bonds is 4. The number of urea groups is 1. The molecule has 2 aromatic carbocycles. The summed E-state index contributed by atoms with van der Waals surface area (Å²) in [6.45, 7) is 8.12. The molecule has 1 heterocycles. The molecule has 5 heteroatoms. The topological polar surface area (TPSA) is 35.6 Å². The van der Waals surface area contributed by atoms with Crippen molar-refractivity contribution in [3.63, 3.8) is 0 Å². The number of hydrogen-bond acceptors (Lipinski definition) is 2. The summed E-state index contributed by atoms with van der Waals surface area (Å²) in [5.74, 6) is -0.197. The Labute approximate surface area is 154 Å². The highest BCUT2D eigenvalue weighted by atomic mass is 19.1. The van der Waals surface area contributed by atoms with E-state index in [1.54, 1.807) is 0 Å². The fourth-order valence-electron chi connectivity index (χ4n) is 3.18. The van der Waals surface area contributed by atoms with E-state index in [1.165, 1.54) is 12.1 Å². The fraction of sp³-hybridized carbons (Fsp3) is 0.381. The van der Waals surface area contributed by atoms with Crippen LogP contribution in [0.25, 0.3) is 0 Å². The first-order valence-corrected chi connectivity index (χ1v) is 9.11. The number of aryl methyl sites for hydroxylation is 2. The van der Waals surface area contributed by atoms with Crippen molar-refractivity contribution < 1.29 is 9.18 Å². The number of nitrogens with one attached hydrogen (secondary N) is 1. The minimum absolute atomic E-state index is 0.0307. The Morgan fingerprint density at radius 3 is 2.42 bits per heavy atom. The number of benzene rings is 2. The number of halogens is 1. The molecule has 26 heavy (non-hydrogen) atoms. The molecule has 1 saturated heterocycles. The summed E-state index contributed by atoms with van der Waals surface area (Å²) in [5, 5.41) is 3.03. The monoisotopic (exact) mass is 355 g/mol. The summed E-state index contributed by atoms with van der Waals surface area (Å²) < 4.78 is 12.9. The second kappa shape index (κ2) is 8.32. The third-order valence-electron chi connectivity index (χ3n) is 4.92. The van der Waals surface area contributed by atoms with Crippen LogP contribution in [0.3, 0.4) is 0 Å². The molecule has 1 N–H and O–H groups in total. The van der Waals surface area contributed by atoms with Gasteiger partial charge in [0.15, 0.2) is 0 Å². The summed E-state index contributed by atoms with van der Waals surface area (Å²) in [6, 6.07) is 12.7. The van der Waals surface area contributed by atoms with Crippen molar-refractivity contribution in [3.05, 3.63) is 65.0 Å². The molecule has 0 saturated carbocycles. The molecule has 0 unspecified atom stereocenters. The first-order valence-electron chi connectivity index (χ1n) is 9.11. The van der Waals surface area contributed by atoms with E-state index in [0.29, 0.717) is 0 Å². The van der Waals surface area contributed by atoms with Crippen LogP contribution in [0.4, 0.5) is 14.9 Å². The number of anilines is 1. The number of nitrogens with zero attached hydrogens (tertiary/aromatic N) is 2. The molecule has 1 aliphatic rings. The SMILES string of the molecule is Cc1ccc(C)c(NC(=O)N2CCN(CCc3ccc(F)cc3)CC2)c1. The highest BCUT2D eigenvalue weighted by Gasteiger charge is 2.21. The molecule has 1 aliphatic heterocycles. The number of carbonyl (C=O) groups is 1. The lowest BCUT2D eigenvalue weighted by Gasteiger charge is -2.34. The first-order chi connectivity index (χ1) is 12.5. The van der Waals surface area contributed by atoms with Gasteiger partial charge in [0, 0.05) is 38.4 Å². The third kappa shape index (κ3) is 4.82. The van der Waals surface area contributed by atoms with Crippen LogP contribution in [0.1, 0.15) is 16.7 Å². The van der Waals surface area contributed by atoms with Crippen LogP contribution in [-0.4, -0.2) is 48.6 Å². The second-order valence-electron chi connectivity index (χ2n) is 6.95. The zero-order valence-electron chi connectivity index (χ0n) is 15.5. The highest BCUT2D eigenvalue weighted by Crippen LogP contribution is 2.17. The lowest BCUT2D eigenvalue weighted by atomic mass is 10.1. The predicted octanol–water partition coefficient (Wildman–Crippen LogP) is 3.83. The maximum absolute atomic E-state index is 12.9. The van der Waals surface area contributed by atoms with Crippen LogP contribution < -0.4 is 5.32 Å². The highest BCUT2D eigenvalue weighted by molar-refractivity contribution is 5.90. The van der Waals surface area contributed by atoms with Gasteiger partial charge >= 0.3 is 6.03 Å².